The summed E-state index contributed by atoms with van der Waals surface area (Å²) in [7, 11) is 0. The molecule has 0 aliphatic rings. The SMILES string of the molecule is CC(C)C(C)(c1ccc(OCc2ccccn2)cc1)c1ccc(-c2noc(C(C)(C)N)n2)cc1. The Kier molecular flexibility index (Phi) is 6.53. The van der Waals surface area contributed by atoms with Gasteiger partial charge in [0.1, 0.15) is 12.4 Å². The van der Waals surface area contributed by atoms with E-state index in [1.807, 2.05) is 56.3 Å². The summed E-state index contributed by atoms with van der Waals surface area (Å²) in [6.45, 7) is 10.9. The minimum Gasteiger partial charge on any atom is -0.487 e. The predicted molar refractivity (Wildman–Crippen MR) is 133 cm³/mol. The summed E-state index contributed by atoms with van der Waals surface area (Å²) in [6.07, 6.45) is 1.78. The first-order valence-corrected chi connectivity index (χ1v) is 11.5. The average molecular weight is 457 g/mol. The van der Waals surface area contributed by atoms with Gasteiger partial charge in [0.15, 0.2) is 0 Å². The lowest BCUT2D eigenvalue weighted by atomic mass is 9.68. The van der Waals surface area contributed by atoms with E-state index in [4.69, 9.17) is 15.0 Å². The number of nitrogens with two attached hydrogens (primary N) is 1. The molecule has 6 nitrogen and oxygen atoms in total. The van der Waals surface area contributed by atoms with Crippen molar-refractivity contribution < 1.29 is 9.26 Å². The quantitative estimate of drug-likeness (QED) is 0.357. The molecule has 0 amide bonds. The van der Waals surface area contributed by atoms with Crippen LogP contribution in [-0.2, 0) is 17.6 Å². The van der Waals surface area contributed by atoms with Crippen molar-refractivity contribution in [3.05, 3.63) is 95.6 Å². The van der Waals surface area contributed by atoms with Gasteiger partial charge in [0, 0.05) is 17.2 Å². The zero-order valence-corrected chi connectivity index (χ0v) is 20.4. The van der Waals surface area contributed by atoms with Gasteiger partial charge in [0.2, 0.25) is 11.7 Å². The Balaban J connectivity index is 1.55. The highest BCUT2D eigenvalue weighted by Gasteiger charge is 2.32. The molecular formula is C28H32N4O2. The van der Waals surface area contributed by atoms with Crippen LogP contribution in [0.4, 0.5) is 0 Å². The molecule has 1 atom stereocenters. The van der Waals surface area contributed by atoms with Crippen LogP contribution < -0.4 is 10.5 Å². The number of hydrogen-bond acceptors (Lipinski definition) is 6. The molecule has 2 N–H and O–H groups in total. The van der Waals surface area contributed by atoms with Gasteiger partial charge in [-0.25, -0.2) is 0 Å². The highest BCUT2D eigenvalue weighted by Crippen LogP contribution is 2.40. The molecule has 1 unspecified atom stereocenters. The lowest BCUT2D eigenvalue weighted by Gasteiger charge is -2.35. The number of aromatic nitrogens is 3. The van der Waals surface area contributed by atoms with Crippen molar-refractivity contribution in [2.45, 2.75) is 52.2 Å². The van der Waals surface area contributed by atoms with Crippen molar-refractivity contribution >= 4 is 0 Å². The van der Waals surface area contributed by atoms with E-state index in [9.17, 15) is 0 Å². The van der Waals surface area contributed by atoms with Crippen LogP contribution in [-0.4, -0.2) is 15.1 Å². The van der Waals surface area contributed by atoms with Crippen molar-refractivity contribution in [3.63, 3.8) is 0 Å². The zero-order valence-electron chi connectivity index (χ0n) is 20.4. The number of hydrogen-bond donors (Lipinski definition) is 1. The third kappa shape index (κ3) is 4.87. The Bertz CT molecular complexity index is 1210. The van der Waals surface area contributed by atoms with Gasteiger partial charge in [0.05, 0.1) is 11.2 Å². The van der Waals surface area contributed by atoms with E-state index in [1.165, 1.54) is 11.1 Å². The molecule has 0 bridgehead atoms. The first-order chi connectivity index (χ1) is 16.2. The van der Waals surface area contributed by atoms with E-state index in [2.05, 4.69) is 60.2 Å². The molecule has 0 aliphatic carbocycles. The van der Waals surface area contributed by atoms with Crippen LogP contribution in [0.3, 0.4) is 0 Å². The topological polar surface area (TPSA) is 87.1 Å². The monoisotopic (exact) mass is 456 g/mol. The van der Waals surface area contributed by atoms with Crippen LogP contribution in [0.1, 0.15) is 57.3 Å². The molecule has 0 spiro atoms. The molecule has 34 heavy (non-hydrogen) atoms. The standard InChI is InChI=1S/C28H32N4O2/c1-19(2)28(5,22-13-15-24(16-14-22)33-18-23-8-6-7-17-30-23)21-11-9-20(10-12-21)25-31-26(34-32-25)27(3,4)29/h6-17,19H,18,29H2,1-5H3. The number of rotatable bonds is 8. The molecule has 0 radical (unpaired) electrons. The van der Waals surface area contributed by atoms with Crippen LogP contribution >= 0.6 is 0 Å². The van der Waals surface area contributed by atoms with Crippen molar-refractivity contribution in [2.75, 3.05) is 0 Å². The number of ether oxygens (including phenoxy) is 1. The van der Waals surface area contributed by atoms with Crippen LogP contribution in [0.15, 0.2) is 77.4 Å². The molecule has 0 saturated carbocycles. The second-order valence-electron chi connectivity index (χ2n) is 9.71. The molecule has 2 aromatic heterocycles. The minimum absolute atomic E-state index is 0.181. The highest BCUT2D eigenvalue weighted by atomic mass is 16.5. The lowest BCUT2D eigenvalue weighted by molar-refractivity contribution is 0.301. The smallest absolute Gasteiger partial charge is 0.246 e. The molecule has 4 aromatic rings. The Morgan fingerprint density at radius 3 is 2.09 bits per heavy atom. The van der Waals surface area contributed by atoms with Gasteiger partial charge in [-0.1, -0.05) is 68.4 Å². The Hall–Kier alpha value is -3.51. The first kappa shape index (κ1) is 23.6. The normalized spacial score (nSPS) is 13.6. The molecule has 0 aliphatic heterocycles. The molecule has 6 heteroatoms. The second-order valence-corrected chi connectivity index (χ2v) is 9.71. The molecule has 2 aromatic carbocycles. The third-order valence-electron chi connectivity index (χ3n) is 6.44. The Morgan fingerprint density at radius 2 is 1.56 bits per heavy atom. The fourth-order valence-electron chi connectivity index (χ4n) is 3.94. The zero-order chi connectivity index (χ0) is 24.3. The van der Waals surface area contributed by atoms with Gasteiger partial charge in [-0.15, -0.1) is 0 Å². The van der Waals surface area contributed by atoms with Gasteiger partial charge < -0.3 is 15.0 Å². The van der Waals surface area contributed by atoms with E-state index in [1.54, 1.807) is 6.20 Å². The molecule has 0 saturated heterocycles. The highest BCUT2D eigenvalue weighted by molar-refractivity contribution is 5.56. The van der Waals surface area contributed by atoms with Crippen LogP contribution in [0.25, 0.3) is 11.4 Å². The van der Waals surface area contributed by atoms with Gasteiger partial charge in [0.25, 0.3) is 0 Å². The maximum atomic E-state index is 6.08. The van der Waals surface area contributed by atoms with Crippen LogP contribution in [0.5, 0.6) is 5.75 Å². The van der Waals surface area contributed by atoms with E-state index in [0.717, 1.165) is 17.0 Å². The van der Waals surface area contributed by atoms with E-state index in [-0.39, 0.29) is 5.41 Å². The summed E-state index contributed by atoms with van der Waals surface area (Å²) in [4.78, 5) is 8.77. The largest absolute Gasteiger partial charge is 0.487 e. The van der Waals surface area contributed by atoms with E-state index >= 15 is 0 Å². The van der Waals surface area contributed by atoms with E-state index < -0.39 is 5.54 Å². The third-order valence-corrected chi connectivity index (χ3v) is 6.44. The van der Waals surface area contributed by atoms with Crippen molar-refractivity contribution in [3.8, 4) is 17.1 Å². The van der Waals surface area contributed by atoms with Crippen molar-refractivity contribution in [1.29, 1.82) is 0 Å². The summed E-state index contributed by atoms with van der Waals surface area (Å²) in [6, 6.07) is 22.5. The van der Waals surface area contributed by atoms with Gasteiger partial charge in [-0.3, -0.25) is 4.98 Å². The summed E-state index contributed by atoms with van der Waals surface area (Å²) in [5.41, 5.74) is 9.47. The molecule has 4 rings (SSSR count). The molecule has 176 valence electrons. The number of pyridine rings is 1. The van der Waals surface area contributed by atoms with E-state index in [0.29, 0.717) is 24.2 Å². The van der Waals surface area contributed by atoms with Gasteiger partial charge >= 0.3 is 0 Å². The minimum atomic E-state index is -0.672. The van der Waals surface area contributed by atoms with Crippen LogP contribution in [0, 0.1) is 5.92 Å². The summed E-state index contributed by atoms with van der Waals surface area (Å²) >= 11 is 0. The van der Waals surface area contributed by atoms with Crippen molar-refractivity contribution in [2.24, 2.45) is 11.7 Å². The number of nitrogens with zero attached hydrogens (tertiary/aromatic N) is 3. The Morgan fingerprint density at radius 1 is 0.912 bits per heavy atom. The average Bonchev–Trinajstić information content (AvgIpc) is 3.34. The fourth-order valence-corrected chi connectivity index (χ4v) is 3.94. The molecular weight excluding hydrogens is 424 g/mol. The second kappa shape index (κ2) is 9.39. The first-order valence-electron chi connectivity index (χ1n) is 11.5. The summed E-state index contributed by atoms with van der Waals surface area (Å²) in [5, 5.41) is 4.10. The Labute approximate surface area is 201 Å². The lowest BCUT2D eigenvalue weighted by Crippen LogP contribution is -2.30. The van der Waals surface area contributed by atoms with Crippen molar-refractivity contribution in [1.82, 2.24) is 15.1 Å². The van der Waals surface area contributed by atoms with Gasteiger partial charge in [-0.2, -0.15) is 4.98 Å². The summed E-state index contributed by atoms with van der Waals surface area (Å²) < 4.78 is 11.3. The number of benzene rings is 2. The predicted octanol–water partition coefficient (Wildman–Crippen LogP) is 5.87. The van der Waals surface area contributed by atoms with Gasteiger partial charge in [-0.05, 0) is 55.2 Å². The summed E-state index contributed by atoms with van der Waals surface area (Å²) in [5.74, 6) is 2.16. The maximum absolute atomic E-state index is 6.08. The molecule has 2 heterocycles. The van der Waals surface area contributed by atoms with Crippen LogP contribution in [0.2, 0.25) is 0 Å². The fraction of sp³-hybridized carbons (Fsp3) is 0.321. The maximum Gasteiger partial charge on any atom is 0.246 e. The molecule has 0 fully saturated rings.